The lowest BCUT2D eigenvalue weighted by Crippen LogP contribution is -2.29. The van der Waals surface area contributed by atoms with Gasteiger partial charge >= 0.3 is 0 Å². The summed E-state index contributed by atoms with van der Waals surface area (Å²) in [4.78, 5) is 2.85. The van der Waals surface area contributed by atoms with Gasteiger partial charge in [0.1, 0.15) is 0 Å². The molecule has 0 saturated carbocycles. The summed E-state index contributed by atoms with van der Waals surface area (Å²) < 4.78 is 0. The minimum Gasteiger partial charge on any atom is -0.395 e. The molecule has 0 aliphatic rings. The van der Waals surface area contributed by atoms with E-state index in [1.165, 1.54) is 12.8 Å². The summed E-state index contributed by atoms with van der Waals surface area (Å²) in [5, 5.41) is 8.85. The van der Waals surface area contributed by atoms with E-state index in [4.69, 9.17) is 23.1 Å². The summed E-state index contributed by atoms with van der Waals surface area (Å²) in [5.74, 6) is 0. The van der Waals surface area contributed by atoms with Gasteiger partial charge in [-0.3, -0.25) is 0 Å². The first-order valence-electron chi connectivity index (χ1n) is 5.32. The van der Waals surface area contributed by atoms with Gasteiger partial charge in [0, 0.05) is 6.54 Å². The van der Waals surface area contributed by atoms with Gasteiger partial charge in [0.2, 0.25) is 0 Å². The van der Waals surface area contributed by atoms with Crippen molar-refractivity contribution in [2.24, 2.45) is 5.73 Å². The Morgan fingerprint density at radius 2 is 1.93 bits per heavy atom. The molecule has 0 aromatic heterocycles. The molecule has 0 aliphatic heterocycles. The molecule has 0 fully saturated rings. The third-order valence-electron chi connectivity index (χ3n) is 2.14. The van der Waals surface area contributed by atoms with E-state index in [9.17, 15) is 0 Å². The number of hydrogen-bond acceptors (Lipinski definition) is 3. The van der Waals surface area contributed by atoms with Gasteiger partial charge in [-0.15, -0.1) is 0 Å². The molecule has 14 heavy (non-hydrogen) atoms. The molecule has 0 aromatic carbocycles. The van der Waals surface area contributed by atoms with Crippen molar-refractivity contribution in [3.8, 4) is 0 Å². The van der Waals surface area contributed by atoms with E-state index in [0.717, 1.165) is 32.5 Å². The second kappa shape index (κ2) is 9.37. The van der Waals surface area contributed by atoms with E-state index in [0.29, 0.717) is 4.99 Å². The van der Waals surface area contributed by atoms with Gasteiger partial charge in [-0.2, -0.15) is 0 Å². The Kier molecular flexibility index (Phi) is 9.24. The fraction of sp³-hybridized carbons (Fsp3) is 0.900. The Bertz CT molecular complexity index is 153. The Balaban J connectivity index is 3.55. The number of aliphatic hydroxyl groups is 1. The van der Waals surface area contributed by atoms with Crippen molar-refractivity contribution in [1.29, 1.82) is 0 Å². The van der Waals surface area contributed by atoms with Gasteiger partial charge in [-0.1, -0.05) is 25.6 Å². The van der Waals surface area contributed by atoms with Crippen LogP contribution in [0.1, 0.15) is 32.6 Å². The molecule has 3 N–H and O–H groups in total. The van der Waals surface area contributed by atoms with Gasteiger partial charge in [0.15, 0.2) is 0 Å². The summed E-state index contributed by atoms with van der Waals surface area (Å²) >= 11 is 4.81. The van der Waals surface area contributed by atoms with Crippen molar-refractivity contribution < 1.29 is 5.11 Å². The molecule has 0 heterocycles. The fourth-order valence-corrected chi connectivity index (χ4v) is 1.48. The molecule has 0 amide bonds. The van der Waals surface area contributed by atoms with Crippen LogP contribution >= 0.6 is 12.2 Å². The van der Waals surface area contributed by atoms with E-state index in [2.05, 4.69) is 11.8 Å². The highest BCUT2D eigenvalue weighted by atomic mass is 32.1. The molecule has 0 saturated heterocycles. The molecule has 0 spiro atoms. The normalized spacial score (nSPS) is 10.8. The highest BCUT2D eigenvalue weighted by Crippen LogP contribution is 1.98. The summed E-state index contributed by atoms with van der Waals surface area (Å²) in [6.07, 6.45) is 4.19. The van der Waals surface area contributed by atoms with E-state index in [1.807, 2.05) is 0 Å². The number of hydrogen-bond donors (Lipinski definition) is 2. The maximum Gasteiger partial charge on any atom is 0.0727 e. The van der Waals surface area contributed by atoms with Crippen LogP contribution in [-0.4, -0.2) is 41.2 Å². The van der Waals surface area contributed by atoms with Crippen LogP contribution in [0.4, 0.5) is 0 Å². The number of thiocarbonyl (C=S) groups is 1. The fourth-order valence-electron chi connectivity index (χ4n) is 1.34. The number of rotatable bonds is 9. The van der Waals surface area contributed by atoms with Crippen LogP contribution in [0.15, 0.2) is 0 Å². The van der Waals surface area contributed by atoms with Crippen LogP contribution in [0.25, 0.3) is 0 Å². The van der Waals surface area contributed by atoms with Gasteiger partial charge in [-0.25, -0.2) is 0 Å². The maximum absolute atomic E-state index is 8.85. The molecule has 0 aromatic rings. The highest BCUT2D eigenvalue weighted by molar-refractivity contribution is 7.80. The summed E-state index contributed by atoms with van der Waals surface area (Å²) in [7, 11) is 0. The molecule has 0 atom stereocenters. The lowest BCUT2D eigenvalue weighted by molar-refractivity contribution is 0.193. The first-order valence-corrected chi connectivity index (χ1v) is 5.73. The number of nitrogens with zero attached hydrogens (tertiary/aromatic N) is 1. The number of nitrogens with two attached hydrogens (primary N) is 1. The topological polar surface area (TPSA) is 49.5 Å². The molecule has 4 heteroatoms. The predicted molar refractivity (Wildman–Crippen MR) is 64.5 cm³/mol. The Morgan fingerprint density at radius 1 is 1.29 bits per heavy atom. The van der Waals surface area contributed by atoms with Crippen molar-refractivity contribution in [1.82, 2.24) is 4.90 Å². The first kappa shape index (κ1) is 13.8. The smallest absolute Gasteiger partial charge is 0.0727 e. The zero-order valence-electron chi connectivity index (χ0n) is 9.04. The van der Waals surface area contributed by atoms with E-state index in [1.54, 1.807) is 0 Å². The average molecular weight is 218 g/mol. The molecular formula is C10H22N2OS. The second-order valence-electron chi connectivity index (χ2n) is 3.49. The maximum atomic E-state index is 8.85. The van der Waals surface area contributed by atoms with Crippen LogP contribution in [-0.2, 0) is 0 Å². The van der Waals surface area contributed by atoms with E-state index >= 15 is 0 Å². The first-order chi connectivity index (χ1) is 6.70. The largest absolute Gasteiger partial charge is 0.395 e. The molecular weight excluding hydrogens is 196 g/mol. The predicted octanol–water partition coefficient (Wildman–Crippen LogP) is 1.15. The zero-order chi connectivity index (χ0) is 10.8. The monoisotopic (exact) mass is 218 g/mol. The average Bonchev–Trinajstić information content (AvgIpc) is 2.13. The van der Waals surface area contributed by atoms with Crippen molar-refractivity contribution in [3.05, 3.63) is 0 Å². The summed E-state index contributed by atoms with van der Waals surface area (Å²) in [6.45, 7) is 5.21. The lowest BCUT2D eigenvalue weighted by atomic mass is 10.2. The van der Waals surface area contributed by atoms with Gasteiger partial charge in [0.05, 0.1) is 11.6 Å². The Morgan fingerprint density at radius 3 is 2.43 bits per heavy atom. The van der Waals surface area contributed by atoms with E-state index in [-0.39, 0.29) is 6.61 Å². The molecule has 3 nitrogen and oxygen atoms in total. The quantitative estimate of drug-likeness (QED) is 0.570. The molecule has 0 unspecified atom stereocenters. The zero-order valence-corrected chi connectivity index (χ0v) is 9.85. The third kappa shape index (κ3) is 8.41. The van der Waals surface area contributed by atoms with Gasteiger partial charge in [-0.05, 0) is 32.4 Å². The van der Waals surface area contributed by atoms with Crippen molar-refractivity contribution in [3.63, 3.8) is 0 Å². The molecule has 0 aliphatic carbocycles. The van der Waals surface area contributed by atoms with Crippen LogP contribution in [0.5, 0.6) is 0 Å². The minimum absolute atomic E-state index is 0.233. The minimum atomic E-state index is 0.233. The standard InChI is InChI=1S/C10H22N2OS/c1-2-3-6-12(8-9-13)7-4-5-10(11)14/h13H,2-9H2,1H3,(H2,11,14). The lowest BCUT2D eigenvalue weighted by Gasteiger charge is -2.20. The Labute approximate surface area is 92.3 Å². The Hall–Kier alpha value is -0.190. The molecule has 0 radical (unpaired) electrons. The molecule has 0 rings (SSSR count). The van der Waals surface area contributed by atoms with Crippen molar-refractivity contribution in [2.75, 3.05) is 26.2 Å². The van der Waals surface area contributed by atoms with Crippen LogP contribution in [0.2, 0.25) is 0 Å². The second-order valence-corrected chi connectivity index (χ2v) is 4.01. The SMILES string of the molecule is CCCCN(CCO)CCCC(N)=S. The van der Waals surface area contributed by atoms with Crippen LogP contribution in [0, 0.1) is 0 Å². The van der Waals surface area contributed by atoms with Crippen LogP contribution < -0.4 is 5.73 Å². The third-order valence-corrected chi connectivity index (χ3v) is 2.35. The van der Waals surface area contributed by atoms with Gasteiger partial charge in [0.25, 0.3) is 0 Å². The molecule has 84 valence electrons. The van der Waals surface area contributed by atoms with Crippen molar-refractivity contribution in [2.45, 2.75) is 32.6 Å². The number of unbranched alkanes of at least 4 members (excludes halogenated alkanes) is 1. The van der Waals surface area contributed by atoms with E-state index < -0.39 is 0 Å². The highest BCUT2D eigenvalue weighted by Gasteiger charge is 2.03. The van der Waals surface area contributed by atoms with Crippen LogP contribution in [0.3, 0.4) is 0 Å². The molecule has 0 bridgehead atoms. The summed E-state index contributed by atoms with van der Waals surface area (Å²) in [6, 6.07) is 0. The van der Waals surface area contributed by atoms with Gasteiger partial charge < -0.3 is 15.7 Å². The summed E-state index contributed by atoms with van der Waals surface area (Å²) in [5.41, 5.74) is 5.42. The van der Waals surface area contributed by atoms with Crippen molar-refractivity contribution >= 4 is 17.2 Å². The number of aliphatic hydroxyl groups excluding tert-OH is 1.